The predicted octanol–water partition coefficient (Wildman–Crippen LogP) is 5.33. The Kier molecular flexibility index (Phi) is 9.36. The van der Waals surface area contributed by atoms with E-state index in [1.807, 2.05) is 74.5 Å². The van der Waals surface area contributed by atoms with Crippen molar-refractivity contribution in [2.45, 2.75) is 39.3 Å². The van der Waals surface area contributed by atoms with Crippen LogP contribution in [0, 0.1) is 0 Å². The highest BCUT2D eigenvalue weighted by Gasteiger charge is 2.21. The molecule has 8 heteroatoms. The molecular weight excluding hydrogens is 448 g/mol. The highest BCUT2D eigenvalue weighted by Crippen LogP contribution is 2.31. The van der Waals surface area contributed by atoms with Gasteiger partial charge < -0.3 is 18.9 Å². The van der Waals surface area contributed by atoms with Gasteiger partial charge in [-0.25, -0.2) is 9.59 Å². The van der Waals surface area contributed by atoms with Gasteiger partial charge in [0.05, 0.1) is 13.2 Å². The molecule has 0 aliphatic rings. The molecule has 0 fully saturated rings. The fraction of sp³-hybridized carbons (Fsp3) is 0.259. The molecule has 0 aliphatic heterocycles. The average molecular weight is 479 g/mol. The van der Waals surface area contributed by atoms with E-state index in [2.05, 4.69) is 10.6 Å². The lowest BCUT2D eigenvalue weighted by molar-refractivity contribution is 0.122. The molecule has 0 bridgehead atoms. The van der Waals surface area contributed by atoms with Crippen LogP contribution in [0.25, 0.3) is 0 Å². The topological polar surface area (TPSA) is 95.1 Å². The SMILES string of the molecule is COc1ccc(C(NC(=O)OCc2ccccc2)NC(=O)OCc2ccccc2)cc1OC(C)C. The van der Waals surface area contributed by atoms with Crippen LogP contribution >= 0.6 is 0 Å². The molecule has 0 unspecified atom stereocenters. The van der Waals surface area contributed by atoms with Crippen molar-refractivity contribution in [3.63, 3.8) is 0 Å². The lowest BCUT2D eigenvalue weighted by Gasteiger charge is -2.22. The van der Waals surface area contributed by atoms with Gasteiger partial charge in [-0.3, -0.25) is 10.6 Å². The van der Waals surface area contributed by atoms with Gasteiger partial charge in [-0.2, -0.15) is 0 Å². The molecule has 2 amide bonds. The van der Waals surface area contributed by atoms with Crippen molar-refractivity contribution in [3.8, 4) is 11.5 Å². The minimum atomic E-state index is -0.943. The number of hydrogen-bond acceptors (Lipinski definition) is 6. The summed E-state index contributed by atoms with van der Waals surface area (Å²) in [5, 5.41) is 5.36. The largest absolute Gasteiger partial charge is 0.493 e. The van der Waals surface area contributed by atoms with Gasteiger partial charge in [-0.1, -0.05) is 66.7 Å². The van der Waals surface area contributed by atoms with E-state index in [-0.39, 0.29) is 19.3 Å². The summed E-state index contributed by atoms with van der Waals surface area (Å²) in [5.74, 6) is 1.00. The standard InChI is InChI=1S/C27H30N2O6/c1-19(2)35-24-16-22(14-15-23(24)32-3)25(28-26(30)33-17-20-10-6-4-7-11-20)29-27(31)34-18-21-12-8-5-9-13-21/h4-16,19,25H,17-18H2,1-3H3,(H,28,30)(H,29,31). The van der Waals surface area contributed by atoms with Crippen molar-refractivity contribution in [2.75, 3.05) is 7.11 Å². The summed E-state index contributed by atoms with van der Waals surface area (Å²) in [4.78, 5) is 25.1. The molecule has 184 valence electrons. The number of alkyl carbamates (subject to hydrolysis) is 2. The number of rotatable bonds is 10. The summed E-state index contributed by atoms with van der Waals surface area (Å²) in [6.07, 6.45) is -2.46. The molecule has 3 rings (SSSR count). The second kappa shape index (κ2) is 12.9. The molecule has 0 radical (unpaired) electrons. The molecular formula is C27H30N2O6. The highest BCUT2D eigenvalue weighted by molar-refractivity contribution is 5.71. The van der Waals surface area contributed by atoms with Crippen molar-refractivity contribution < 1.29 is 28.5 Å². The van der Waals surface area contributed by atoms with Crippen LogP contribution in [0.5, 0.6) is 11.5 Å². The Morgan fingerprint density at radius 3 is 1.71 bits per heavy atom. The van der Waals surface area contributed by atoms with Crippen LogP contribution in [-0.2, 0) is 22.7 Å². The Morgan fingerprint density at radius 2 is 1.26 bits per heavy atom. The third-order valence-corrected chi connectivity index (χ3v) is 4.83. The number of hydrogen-bond donors (Lipinski definition) is 2. The molecule has 0 aromatic heterocycles. The fourth-order valence-corrected chi connectivity index (χ4v) is 3.19. The molecule has 0 saturated heterocycles. The molecule has 35 heavy (non-hydrogen) atoms. The number of carbonyl (C=O) groups excluding carboxylic acids is 2. The normalized spacial score (nSPS) is 10.5. The summed E-state index contributed by atoms with van der Waals surface area (Å²) >= 11 is 0. The van der Waals surface area contributed by atoms with Crippen LogP contribution in [0.4, 0.5) is 9.59 Å². The molecule has 3 aromatic rings. The predicted molar refractivity (Wildman–Crippen MR) is 131 cm³/mol. The Morgan fingerprint density at radius 1 is 0.743 bits per heavy atom. The number of benzene rings is 3. The van der Waals surface area contributed by atoms with E-state index >= 15 is 0 Å². The molecule has 0 spiro atoms. The first-order valence-corrected chi connectivity index (χ1v) is 11.2. The smallest absolute Gasteiger partial charge is 0.409 e. The van der Waals surface area contributed by atoms with Gasteiger partial charge in [-0.15, -0.1) is 0 Å². The molecule has 8 nitrogen and oxygen atoms in total. The van der Waals surface area contributed by atoms with Crippen LogP contribution in [0.15, 0.2) is 78.9 Å². The minimum Gasteiger partial charge on any atom is -0.493 e. The van der Waals surface area contributed by atoms with Gasteiger partial charge in [0.25, 0.3) is 0 Å². The van der Waals surface area contributed by atoms with Crippen LogP contribution in [0.1, 0.15) is 36.7 Å². The average Bonchev–Trinajstić information content (AvgIpc) is 2.87. The van der Waals surface area contributed by atoms with Gasteiger partial charge in [0.1, 0.15) is 19.4 Å². The van der Waals surface area contributed by atoms with E-state index in [1.165, 1.54) is 7.11 Å². The third kappa shape index (κ3) is 8.26. The number of nitrogens with one attached hydrogen (secondary N) is 2. The maximum absolute atomic E-state index is 12.6. The van der Waals surface area contributed by atoms with Gasteiger partial charge in [0.15, 0.2) is 11.5 Å². The van der Waals surface area contributed by atoms with Crippen molar-refractivity contribution in [1.29, 1.82) is 0 Å². The zero-order chi connectivity index (χ0) is 25.0. The molecule has 0 aliphatic carbocycles. The van der Waals surface area contributed by atoms with E-state index in [1.54, 1.807) is 18.2 Å². The molecule has 0 saturated carbocycles. The summed E-state index contributed by atoms with van der Waals surface area (Å²) in [5.41, 5.74) is 2.23. The van der Waals surface area contributed by atoms with E-state index in [4.69, 9.17) is 18.9 Å². The van der Waals surface area contributed by atoms with Gasteiger partial charge in [-0.05, 0) is 42.7 Å². The molecule has 2 N–H and O–H groups in total. The zero-order valence-corrected chi connectivity index (χ0v) is 20.0. The Balaban J connectivity index is 1.73. The van der Waals surface area contributed by atoms with E-state index in [0.717, 1.165) is 11.1 Å². The second-order valence-corrected chi connectivity index (χ2v) is 7.92. The zero-order valence-electron chi connectivity index (χ0n) is 20.0. The van der Waals surface area contributed by atoms with Crippen molar-refractivity contribution in [2.24, 2.45) is 0 Å². The Bertz CT molecular complexity index is 1030. The van der Waals surface area contributed by atoms with Crippen LogP contribution in [0.2, 0.25) is 0 Å². The second-order valence-electron chi connectivity index (χ2n) is 7.92. The van der Waals surface area contributed by atoms with Gasteiger partial charge >= 0.3 is 12.2 Å². The number of amides is 2. The minimum absolute atomic E-state index is 0.0855. The van der Waals surface area contributed by atoms with E-state index < -0.39 is 18.4 Å². The molecule has 0 heterocycles. The number of carbonyl (C=O) groups is 2. The molecule has 3 aromatic carbocycles. The highest BCUT2D eigenvalue weighted by atomic mass is 16.6. The van der Waals surface area contributed by atoms with Crippen molar-refractivity contribution in [3.05, 3.63) is 95.6 Å². The number of methoxy groups -OCH3 is 1. The Hall–Kier alpha value is -4.20. The summed E-state index contributed by atoms with van der Waals surface area (Å²) in [7, 11) is 1.54. The first kappa shape index (κ1) is 25.4. The quantitative estimate of drug-likeness (QED) is 0.382. The third-order valence-electron chi connectivity index (χ3n) is 4.83. The van der Waals surface area contributed by atoms with E-state index in [9.17, 15) is 9.59 Å². The maximum atomic E-state index is 12.6. The van der Waals surface area contributed by atoms with Gasteiger partial charge in [0, 0.05) is 0 Å². The van der Waals surface area contributed by atoms with Crippen LogP contribution in [-0.4, -0.2) is 25.4 Å². The van der Waals surface area contributed by atoms with Crippen LogP contribution < -0.4 is 20.1 Å². The van der Waals surface area contributed by atoms with Crippen LogP contribution in [0.3, 0.4) is 0 Å². The molecule has 0 atom stereocenters. The first-order chi connectivity index (χ1) is 16.9. The summed E-state index contributed by atoms with van der Waals surface area (Å²) in [6.45, 7) is 3.95. The Labute approximate surface area is 205 Å². The fourth-order valence-electron chi connectivity index (χ4n) is 3.19. The van der Waals surface area contributed by atoms with E-state index in [0.29, 0.717) is 17.1 Å². The monoisotopic (exact) mass is 478 g/mol. The van der Waals surface area contributed by atoms with Gasteiger partial charge in [0.2, 0.25) is 0 Å². The summed E-state index contributed by atoms with van der Waals surface area (Å²) in [6, 6.07) is 23.7. The lowest BCUT2D eigenvalue weighted by Crippen LogP contribution is -2.41. The lowest BCUT2D eigenvalue weighted by atomic mass is 10.1. The first-order valence-electron chi connectivity index (χ1n) is 11.2. The number of ether oxygens (including phenoxy) is 4. The van der Waals surface area contributed by atoms with Crippen molar-refractivity contribution >= 4 is 12.2 Å². The maximum Gasteiger partial charge on any atom is 0.409 e. The van der Waals surface area contributed by atoms with Crippen molar-refractivity contribution in [1.82, 2.24) is 10.6 Å². The summed E-state index contributed by atoms with van der Waals surface area (Å²) < 4.78 is 21.9.